The number of amides is 2. The summed E-state index contributed by atoms with van der Waals surface area (Å²) in [7, 11) is 4.04. The number of nitrogens with zero attached hydrogens (tertiary/aromatic N) is 1. The third-order valence-electron chi connectivity index (χ3n) is 2.79. The standard InChI is InChI=1S/C16H18ClN3O/c1-20(2)11-12-6-8-14(9-7-12)18-16(21)19-15-5-3-4-13(17)10-15/h3-10H,11H2,1-2H3,(H2,18,19,21). The molecule has 2 rings (SSSR count). The Kier molecular flexibility index (Phi) is 5.20. The van der Waals surface area contributed by atoms with Crippen LogP contribution in [0, 0.1) is 0 Å². The third-order valence-corrected chi connectivity index (χ3v) is 3.03. The number of hydrogen-bond acceptors (Lipinski definition) is 2. The van der Waals surface area contributed by atoms with Crippen molar-refractivity contribution in [1.82, 2.24) is 4.90 Å². The van der Waals surface area contributed by atoms with Crippen molar-refractivity contribution < 1.29 is 4.79 Å². The van der Waals surface area contributed by atoms with Crippen molar-refractivity contribution in [3.05, 3.63) is 59.1 Å². The molecule has 0 spiro atoms. The molecule has 0 saturated heterocycles. The number of benzene rings is 2. The molecule has 110 valence electrons. The molecule has 2 N–H and O–H groups in total. The zero-order valence-corrected chi connectivity index (χ0v) is 12.8. The van der Waals surface area contributed by atoms with Gasteiger partial charge < -0.3 is 15.5 Å². The van der Waals surface area contributed by atoms with E-state index < -0.39 is 0 Å². The van der Waals surface area contributed by atoms with Crippen LogP contribution in [0.5, 0.6) is 0 Å². The van der Waals surface area contributed by atoms with Gasteiger partial charge in [-0.25, -0.2) is 4.79 Å². The van der Waals surface area contributed by atoms with Gasteiger partial charge in [-0.15, -0.1) is 0 Å². The highest BCUT2D eigenvalue weighted by Crippen LogP contribution is 2.16. The van der Waals surface area contributed by atoms with Gasteiger partial charge in [0, 0.05) is 22.9 Å². The van der Waals surface area contributed by atoms with E-state index in [1.54, 1.807) is 24.3 Å². The first-order chi connectivity index (χ1) is 10.0. The SMILES string of the molecule is CN(C)Cc1ccc(NC(=O)Nc2cccc(Cl)c2)cc1. The van der Waals surface area contributed by atoms with Crippen molar-refractivity contribution in [2.24, 2.45) is 0 Å². The average molecular weight is 304 g/mol. The number of rotatable bonds is 4. The van der Waals surface area contributed by atoms with Crippen LogP contribution in [-0.2, 0) is 6.54 Å². The topological polar surface area (TPSA) is 44.4 Å². The van der Waals surface area contributed by atoms with Crippen LogP contribution >= 0.6 is 11.6 Å². The molecule has 2 aromatic rings. The van der Waals surface area contributed by atoms with Crippen LogP contribution < -0.4 is 10.6 Å². The molecule has 0 fully saturated rings. The summed E-state index contributed by atoms with van der Waals surface area (Å²) in [6.45, 7) is 0.870. The fourth-order valence-corrected chi connectivity index (χ4v) is 2.11. The normalized spacial score (nSPS) is 10.5. The molecule has 0 atom stereocenters. The average Bonchev–Trinajstić information content (AvgIpc) is 2.40. The molecule has 0 unspecified atom stereocenters. The summed E-state index contributed by atoms with van der Waals surface area (Å²) in [6, 6.07) is 14.5. The summed E-state index contributed by atoms with van der Waals surface area (Å²) < 4.78 is 0. The Morgan fingerprint density at radius 3 is 2.33 bits per heavy atom. The third kappa shape index (κ3) is 5.10. The molecular weight excluding hydrogens is 286 g/mol. The number of carbonyl (C=O) groups is 1. The summed E-state index contributed by atoms with van der Waals surface area (Å²) in [6.07, 6.45) is 0. The van der Waals surface area contributed by atoms with Crippen LogP contribution in [0.1, 0.15) is 5.56 Å². The van der Waals surface area contributed by atoms with Crippen molar-refractivity contribution in [2.75, 3.05) is 24.7 Å². The molecule has 2 aromatic carbocycles. The molecule has 21 heavy (non-hydrogen) atoms. The number of anilines is 2. The number of nitrogens with one attached hydrogen (secondary N) is 2. The van der Waals surface area contributed by atoms with Crippen molar-refractivity contribution in [3.8, 4) is 0 Å². The van der Waals surface area contributed by atoms with Crippen molar-refractivity contribution in [3.63, 3.8) is 0 Å². The second kappa shape index (κ2) is 7.11. The highest BCUT2D eigenvalue weighted by Gasteiger charge is 2.03. The van der Waals surface area contributed by atoms with E-state index in [-0.39, 0.29) is 6.03 Å². The first kappa shape index (κ1) is 15.4. The Bertz CT molecular complexity index is 611. The molecule has 0 heterocycles. The number of carbonyl (C=O) groups excluding carboxylic acids is 1. The molecule has 4 nitrogen and oxygen atoms in total. The zero-order chi connectivity index (χ0) is 15.2. The minimum atomic E-state index is -0.294. The van der Waals surface area contributed by atoms with E-state index >= 15 is 0 Å². The van der Waals surface area contributed by atoms with E-state index in [4.69, 9.17) is 11.6 Å². The van der Waals surface area contributed by atoms with Crippen molar-refractivity contribution >= 4 is 29.0 Å². The monoisotopic (exact) mass is 303 g/mol. The number of urea groups is 1. The Labute approximate surface area is 129 Å². The molecule has 0 aliphatic rings. The highest BCUT2D eigenvalue weighted by molar-refractivity contribution is 6.30. The Hall–Kier alpha value is -2.04. The van der Waals surface area contributed by atoms with Crippen molar-refractivity contribution in [2.45, 2.75) is 6.54 Å². The van der Waals surface area contributed by atoms with Crippen LogP contribution in [0.4, 0.5) is 16.2 Å². The van der Waals surface area contributed by atoms with Gasteiger partial charge in [0.25, 0.3) is 0 Å². The number of hydrogen-bond donors (Lipinski definition) is 2. The van der Waals surface area contributed by atoms with Gasteiger partial charge >= 0.3 is 6.03 Å². The molecule has 5 heteroatoms. The molecule has 2 amide bonds. The number of halogens is 1. The van der Waals surface area contributed by atoms with Crippen LogP contribution in [0.3, 0.4) is 0 Å². The molecule has 0 saturated carbocycles. The summed E-state index contributed by atoms with van der Waals surface area (Å²) in [5.41, 5.74) is 2.60. The van der Waals surface area contributed by atoms with Crippen LogP contribution in [0.15, 0.2) is 48.5 Å². The van der Waals surface area contributed by atoms with Gasteiger partial charge in [0.1, 0.15) is 0 Å². The maximum absolute atomic E-state index is 11.9. The maximum atomic E-state index is 11.9. The summed E-state index contributed by atoms with van der Waals surface area (Å²) in [5, 5.41) is 6.10. The summed E-state index contributed by atoms with van der Waals surface area (Å²) in [4.78, 5) is 14.0. The van der Waals surface area contributed by atoms with E-state index in [1.807, 2.05) is 38.4 Å². The van der Waals surface area contributed by atoms with E-state index in [2.05, 4.69) is 15.5 Å². The second-order valence-electron chi connectivity index (χ2n) is 5.02. The summed E-state index contributed by atoms with van der Waals surface area (Å²) >= 11 is 5.87. The minimum absolute atomic E-state index is 0.294. The van der Waals surface area contributed by atoms with Crippen LogP contribution in [-0.4, -0.2) is 25.0 Å². The van der Waals surface area contributed by atoms with Gasteiger partial charge in [0.05, 0.1) is 0 Å². The largest absolute Gasteiger partial charge is 0.323 e. The van der Waals surface area contributed by atoms with Gasteiger partial charge in [-0.2, -0.15) is 0 Å². The predicted octanol–water partition coefficient (Wildman–Crippen LogP) is 4.05. The summed E-state index contributed by atoms with van der Waals surface area (Å²) in [5.74, 6) is 0. The van der Waals surface area contributed by atoms with Gasteiger partial charge in [-0.3, -0.25) is 0 Å². The van der Waals surface area contributed by atoms with Gasteiger partial charge in [0.2, 0.25) is 0 Å². The van der Waals surface area contributed by atoms with Gasteiger partial charge in [-0.05, 0) is 50.0 Å². The first-order valence-electron chi connectivity index (χ1n) is 6.60. The van der Waals surface area contributed by atoms with E-state index in [9.17, 15) is 4.79 Å². The smallest absolute Gasteiger partial charge is 0.308 e. The second-order valence-corrected chi connectivity index (χ2v) is 5.46. The van der Waals surface area contributed by atoms with Gasteiger partial charge in [-0.1, -0.05) is 29.8 Å². The highest BCUT2D eigenvalue weighted by atomic mass is 35.5. The minimum Gasteiger partial charge on any atom is -0.308 e. The Morgan fingerprint density at radius 1 is 1.05 bits per heavy atom. The fraction of sp³-hybridized carbons (Fsp3) is 0.188. The molecular formula is C16H18ClN3O. The molecule has 0 aromatic heterocycles. The van der Waals surface area contributed by atoms with E-state index in [0.29, 0.717) is 10.7 Å². The van der Waals surface area contributed by atoms with Crippen LogP contribution in [0.2, 0.25) is 5.02 Å². The lowest BCUT2D eigenvalue weighted by Crippen LogP contribution is -2.19. The fourth-order valence-electron chi connectivity index (χ4n) is 1.92. The lowest BCUT2D eigenvalue weighted by Gasteiger charge is -2.11. The molecule has 0 aliphatic carbocycles. The molecule has 0 aliphatic heterocycles. The molecule has 0 bridgehead atoms. The predicted molar refractivity (Wildman–Crippen MR) is 87.9 cm³/mol. The maximum Gasteiger partial charge on any atom is 0.323 e. The van der Waals surface area contributed by atoms with Crippen LogP contribution in [0.25, 0.3) is 0 Å². The molecule has 0 radical (unpaired) electrons. The van der Waals surface area contributed by atoms with E-state index in [0.717, 1.165) is 12.2 Å². The lowest BCUT2D eigenvalue weighted by atomic mass is 10.2. The zero-order valence-electron chi connectivity index (χ0n) is 12.1. The first-order valence-corrected chi connectivity index (χ1v) is 6.98. The van der Waals surface area contributed by atoms with Crippen molar-refractivity contribution in [1.29, 1.82) is 0 Å². The Balaban J connectivity index is 1.93. The lowest BCUT2D eigenvalue weighted by molar-refractivity contribution is 0.262. The quantitative estimate of drug-likeness (QED) is 0.895. The Morgan fingerprint density at radius 2 is 1.71 bits per heavy atom. The van der Waals surface area contributed by atoms with Gasteiger partial charge in [0.15, 0.2) is 0 Å². The van der Waals surface area contributed by atoms with E-state index in [1.165, 1.54) is 5.56 Å².